The van der Waals surface area contributed by atoms with Crippen LogP contribution in [0.15, 0.2) is 28.8 Å². The first-order chi connectivity index (χ1) is 12.4. The van der Waals surface area contributed by atoms with Gasteiger partial charge in [0, 0.05) is 5.69 Å². The monoisotopic (exact) mass is 357 g/mol. The number of hydrogen-bond acceptors (Lipinski definition) is 5. The maximum Gasteiger partial charge on any atom is 0.335 e. The summed E-state index contributed by atoms with van der Waals surface area (Å²) in [4.78, 5) is 27.8. The second-order valence-corrected chi connectivity index (χ2v) is 5.82. The third-order valence-electron chi connectivity index (χ3n) is 3.84. The maximum atomic E-state index is 14.1. The zero-order chi connectivity index (χ0) is 18.8. The number of anilines is 1. The van der Waals surface area contributed by atoms with E-state index in [9.17, 15) is 14.0 Å². The molecule has 3 aromatic rings. The van der Waals surface area contributed by atoms with Gasteiger partial charge in [0.1, 0.15) is 5.82 Å². The molecular weight excluding hydrogens is 341 g/mol. The number of pyridine rings is 1. The number of rotatable bonds is 5. The summed E-state index contributed by atoms with van der Waals surface area (Å²) in [5.74, 6) is -2.63. The summed E-state index contributed by atoms with van der Waals surface area (Å²) in [6, 6.07) is 4.86. The average molecular weight is 357 g/mol. The van der Waals surface area contributed by atoms with Crippen LogP contribution in [0.5, 0.6) is 0 Å². The van der Waals surface area contributed by atoms with E-state index in [0.717, 1.165) is 12.5 Å². The van der Waals surface area contributed by atoms with Crippen molar-refractivity contribution in [1.82, 2.24) is 10.1 Å². The number of aryl methyl sites for hydroxylation is 2. The third-order valence-corrected chi connectivity index (χ3v) is 3.84. The molecule has 7 nitrogen and oxygen atoms in total. The van der Waals surface area contributed by atoms with Crippen LogP contribution in [0.25, 0.3) is 11.1 Å². The minimum atomic E-state index is -1.25. The Labute approximate surface area is 147 Å². The molecule has 1 amide bonds. The van der Waals surface area contributed by atoms with Crippen LogP contribution in [-0.4, -0.2) is 27.1 Å². The Hall–Kier alpha value is -3.29. The number of benzene rings is 1. The number of aromatic nitrogens is 2. The highest BCUT2D eigenvalue weighted by Gasteiger charge is 2.20. The number of carboxylic acid groups (broad SMARTS) is 1. The minimum absolute atomic E-state index is 0.115. The molecule has 0 unspecified atom stereocenters. The second-order valence-electron chi connectivity index (χ2n) is 5.82. The molecule has 134 valence electrons. The molecule has 0 aliphatic carbocycles. The van der Waals surface area contributed by atoms with E-state index in [1.807, 2.05) is 6.92 Å². The molecule has 26 heavy (non-hydrogen) atoms. The molecule has 8 heteroatoms. The number of nitrogens with zero attached hydrogens (tertiary/aromatic N) is 2. The van der Waals surface area contributed by atoms with Gasteiger partial charge in [0.2, 0.25) is 0 Å². The van der Waals surface area contributed by atoms with Crippen LogP contribution in [0.4, 0.5) is 10.1 Å². The number of amides is 1. The average Bonchev–Trinajstić information content (AvgIpc) is 2.98. The molecule has 0 bridgehead atoms. The van der Waals surface area contributed by atoms with E-state index in [1.54, 1.807) is 13.0 Å². The Kier molecular flexibility index (Phi) is 4.66. The van der Waals surface area contributed by atoms with E-state index in [4.69, 9.17) is 9.63 Å². The van der Waals surface area contributed by atoms with E-state index in [1.165, 1.54) is 12.1 Å². The fourth-order valence-electron chi connectivity index (χ4n) is 2.66. The highest BCUT2D eigenvalue weighted by molar-refractivity contribution is 6.12. The summed E-state index contributed by atoms with van der Waals surface area (Å²) in [5, 5.41) is 15.8. The van der Waals surface area contributed by atoms with Crippen molar-refractivity contribution in [3.05, 3.63) is 52.6 Å². The molecule has 0 fully saturated rings. The lowest BCUT2D eigenvalue weighted by Crippen LogP contribution is -2.15. The van der Waals surface area contributed by atoms with Gasteiger partial charge in [-0.05, 0) is 37.6 Å². The standard InChI is InChI=1S/C18H16FN3O4/c1-3-4-14-15-11(7-9(2)20-17(15)26-22-14)16(23)21-13-6-5-10(18(24)25)8-12(13)19/h5-8H,3-4H2,1-2H3,(H,21,23)(H,24,25). The van der Waals surface area contributed by atoms with Crippen molar-refractivity contribution in [2.24, 2.45) is 0 Å². The summed E-state index contributed by atoms with van der Waals surface area (Å²) in [7, 11) is 0. The fourth-order valence-corrected chi connectivity index (χ4v) is 2.66. The fraction of sp³-hybridized carbons (Fsp3) is 0.222. The highest BCUT2D eigenvalue weighted by Crippen LogP contribution is 2.25. The van der Waals surface area contributed by atoms with Crippen molar-refractivity contribution < 1.29 is 23.6 Å². The van der Waals surface area contributed by atoms with Gasteiger partial charge in [-0.25, -0.2) is 14.2 Å². The van der Waals surface area contributed by atoms with Crippen LogP contribution in [-0.2, 0) is 6.42 Å². The van der Waals surface area contributed by atoms with E-state index in [-0.39, 0.29) is 22.5 Å². The summed E-state index contributed by atoms with van der Waals surface area (Å²) in [6.45, 7) is 3.68. The third kappa shape index (κ3) is 3.26. The van der Waals surface area contributed by atoms with Gasteiger partial charge in [-0.15, -0.1) is 0 Å². The zero-order valence-corrected chi connectivity index (χ0v) is 14.2. The molecule has 0 atom stereocenters. The molecule has 0 radical (unpaired) electrons. The lowest BCUT2D eigenvalue weighted by atomic mass is 10.1. The molecule has 3 rings (SSSR count). The quantitative estimate of drug-likeness (QED) is 0.723. The number of carbonyl (C=O) groups is 2. The number of aromatic carboxylic acids is 1. The van der Waals surface area contributed by atoms with Crippen LogP contribution in [0.3, 0.4) is 0 Å². The first-order valence-corrected chi connectivity index (χ1v) is 8.00. The predicted octanol–water partition coefficient (Wildman–Crippen LogP) is 3.57. The molecule has 2 N–H and O–H groups in total. The number of nitrogens with one attached hydrogen (secondary N) is 1. The first-order valence-electron chi connectivity index (χ1n) is 8.00. The number of hydrogen-bond donors (Lipinski definition) is 2. The molecule has 0 saturated heterocycles. The SMILES string of the molecule is CCCc1noc2nc(C)cc(C(=O)Nc3ccc(C(=O)O)cc3F)c12. The van der Waals surface area contributed by atoms with Gasteiger partial charge in [0.15, 0.2) is 0 Å². The second kappa shape index (κ2) is 6.91. The van der Waals surface area contributed by atoms with Gasteiger partial charge in [-0.3, -0.25) is 4.79 Å². The van der Waals surface area contributed by atoms with Crippen LogP contribution in [0.1, 0.15) is 45.4 Å². The molecular formula is C18H16FN3O4. The number of carbonyl (C=O) groups excluding carboxylic acids is 1. The lowest BCUT2D eigenvalue weighted by molar-refractivity contribution is 0.0696. The molecule has 1 aromatic carbocycles. The lowest BCUT2D eigenvalue weighted by Gasteiger charge is -2.09. The summed E-state index contributed by atoms with van der Waals surface area (Å²) in [5.41, 5.74) is 1.38. The van der Waals surface area contributed by atoms with Crippen molar-refractivity contribution in [3.63, 3.8) is 0 Å². The van der Waals surface area contributed by atoms with E-state index in [2.05, 4.69) is 15.5 Å². The van der Waals surface area contributed by atoms with Gasteiger partial charge < -0.3 is 14.9 Å². The molecule has 0 aliphatic heterocycles. The highest BCUT2D eigenvalue weighted by atomic mass is 19.1. The number of carboxylic acids is 1. The van der Waals surface area contributed by atoms with Gasteiger partial charge in [-0.2, -0.15) is 0 Å². The molecule has 0 aliphatic rings. The van der Waals surface area contributed by atoms with Crippen LogP contribution in [0, 0.1) is 12.7 Å². The molecule has 0 spiro atoms. The van der Waals surface area contributed by atoms with E-state index >= 15 is 0 Å². The van der Waals surface area contributed by atoms with Gasteiger partial charge in [0.05, 0.1) is 27.9 Å². The normalized spacial score (nSPS) is 10.9. The van der Waals surface area contributed by atoms with Crippen molar-refractivity contribution in [2.75, 3.05) is 5.32 Å². The Morgan fingerprint density at radius 3 is 2.73 bits per heavy atom. The van der Waals surface area contributed by atoms with Crippen LogP contribution >= 0.6 is 0 Å². The zero-order valence-electron chi connectivity index (χ0n) is 14.2. The van der Waals surface area contributed by atoms with E-state index in [0.29, 0.717) is 23.2 Å². The smallest absolute Gasteiger partial charge is 0.335 e. The number of halogens is 1. The molecule has 2 aromatic heterocycles. The van der Waals surface area contributed by atoms with E-state index < -0.39 is 17.7 Å². The van der Waals surface area contributed by atoms with Crippen molar-refractivity contribution in [1.29, 1.82) is 0 Å². The Morgan fingerprint density at radius 2 is 2.08 bits per heavy atom. The summed E-state index contributed by atoms with van der Waals surface area (Å²) < 4.78 is 19.3. The van der Waals surface area contributed by atoms with Crippen molar-refractivity contribution >= 4 is 28.7 Å². The van der Waals surface area contributed by atoms with Crippen molar-refractivity contribution in [3.8, 4) is 0 Å². The van der Waals surface area contributed by atoms with Crippen LogP contribution < -0.4 is 5.32 Å². The molecule has 2 heterocycles. The summed E-state index contributed by atoms with van der Waals surface area (Å²) >= 11 is 0. The molecule has 0 saturated carbocycles. The minimum Gasteiger partial charge on any atom is -0.478 e. The van der Waals surface area contributed by atoms with Crippen molar-refractivity contribution in [2.45, 2.75) is 26.7 Å². The topological polar surface area (TPSA) is 105 Å². The summed E-state index contributed by atoms with van der Waals surface area (Å²) in [6.07, 6.45) is 1.42. The van der Waals surface area contributed by atoms with Gasteiger partial charge >= 0.3 is 5.97 Å². The van der Waals surface area contributed by atoms with Gasteiger partial charge in [0.25, 0.3) is 11.6 Å². The Morgan fingerprint density at radius 1 is 1.31 bits per heavy atom. The van der Waals surface area contributed by atoms with Gasteiger partial charge in [-0.1, -0.05) is 18.5 Å². The predicted molar refractivity (Wildman–Crippen MR) is 91.8 cm³/mol. The Balaban J connectivity index is 2.00. The maximum absolute atomic E-state index is 14.1. The first kappa shape index (κ1) is 17.5. The number of fused-ring (bicyclic) bond motifs is 1. The van der Waals surface area contributed by atoms with Crippen LogP contribution in [0.2, 0.25) is 0 Å². The largest absolute Gasteiger partial charge is 0.478 e. The Bertz CT molecular complexity index is 1010.